The zero-order chi connectivity index (χ0) is 31.0. The summed E-state index contributed by atoms with van der Waals surface area (Å²) in [7, 11) is -2.42. The molecule has 2 amide bonds. The van der Waals surface area contributed by atoms with Gasteiger partial charge in [0.2, 0.25) is 11.8 Å². The highest BCUT2D eigenvalue weighted by molar-refractivity contribution is 7.89. The minimum atomic E-state index is -4.07. The topological polar surface area (TPSA) is 146 Å². The fourth-order valence-corrected chi connectivity index (χ4v) is 6.35. The molecular weight excluding hydrogens is 582 g/mol. The molecule has 4 rings (SSSR count). The van der Waals surface area contributed by atoms with Gasteiger partial charge in [0.25, 0.3) is 10.0 Å². The summed E-state index contributed by atoms with van der Waals surface area (Å²) >= 11 is 0. The van der Waals surface area contributed by atoms with Gasteiger partial charge >= 0.3 is 0 Å². The van der Waals surface area contributed by atoms with Crippen LogP contribution in [0, 0.1) is 11.6 Å². The van der Waals surface area contributed by atoms with E-state index in [1.54, 1.807) is 7.05 Å². The zero-order valence-electron chi connectivity index (χ0n) is 23.7. The molecule has 1 aliphatic rings. The van der Waals surface area contributed by atoms with Crippen molar-refractivity contribution in [2.24, 2.45) is 7.05 Å². The predicted molar refractivity (Wildman–Crippen MR) is 155 cm³/mol. The van der Waals surface area contributed by atoms with Gasteiger partial charge in [0, 0.05) is 51.3 Å². The van der Waals surface area contributed by atoms with Crippen LogP contribution >= 0.6 is 0 Å². The zero-order valence-corrected chi connectivity index (χ0v) is 24.6. The lowest BCUT2D eigenvalue weighted by Gasteiger charge is -2.30. The molecule has 3 atom stereocenters. The highest BCUT2D eigenvalue weighted by atomic mass is 32.2. The molecule has 1 fully saturated rings. The van der Waals surface area contributed by atoms with E-state index in [1.165, 1.54) is 21.4 Å². The largest absolute Gasteiger partial charge is 0.390 e. The Labute approximate surface area is 249 Å². The standard InChI is InChI=1S/C29H36F2N6O5S/c1-36-18-29(33-19-36)43(41,42)37(16-22-8-5-13-32-22)17-26(38)25(14-20-6-3-2-4-7-20)35-28(40)12-11-27(39)34-24-10-9-21(30)15-23(24)31/h2-4,6-7,9-10,15,18-19,22,25-26,32,38H,5,8,11-14,16-17H2,1H3,(H,34,39)(H,35,40). The van der Waals surface area contributed by atoms with E-state index in [9.17, 15) is 31.9 Å². The van der Waals surface area contributed by atoms with Crippen LogP contribution in [0.1, 0.15) is 31.2 Å². The molecule has 2 heterocycles. The summed E-state index contributed by atoms with van der Waals surface area (Å²) < 4.78 is 56.9. The fourth-order valence-electron chi connectivity index (χ4n) is 4.88. The van der Waals surface area contributed by atoms with Crippen LogP contribution in [0.4, 0.5) is 14.5 Å². The van der Waals surface area contributed by atoms with Crippen molar-refractivity contribution in [3.8, 4) is 0 Å². The quantitative estimate of drug-likeness (QED) is 0.216. The number of carbonyl (C=O) groups is 2. The average Bonchev–Trinajstić information content (AvgIpc) is 3.65. The van der Waals surface area contributed by atoms with Gasteiger partial charge in [-0.2, -0.15) is 4.31 Å². The van der Waals surface area contributed by atoms with E-state index in [1.807, 2.05) is 30.3 Å². The molecule has 0 radical (unpaired) electrons. The summed E-state index contributed by atoms with van der Waals surface area (Å²) in [5.41, 5.74) is 0.586. The average molecular weight is 619 g/mol. The Bertz CT molecular complexity index is 1500. The molecule has 1 saturated heterocycles. The van der Waals surface area contributed by atoms with Gasteiger partial charge in [-0.25, -0.2) is 22.2 Å². The number of anilines is 1. The number of benzene rings is 2. The van der Waals surface area contributed by atoms with Crippen molar-refractivity contribution in [2.45, 2.75) is 55.3 Å². The Kier molecular flexibility index (Phi) is 11.0. The number of aromatic nitrogens is 2. The first-order valence-corrected chi connectivity index (χ1v) is 15.4. The number of rotatable bonds is 14. The fraction of sp³-hybridized carbons (Fsp3) is 0.414. The second-order valence-electron chi connectivity index (χ2n) is 10.6. The summed E-state index contributed by atoms with van der Waals surface area (Å²) in [6.07, 6.45) is 2.75. The monoisotopic (exact) mass is 618 g/mol. The van der Waals surface area contributed by atoms with Crippen molar-refractivity contribution in [3.63, 3.8) is 0 Å². The van der Waals surface area contributed by atoms with E-state index in [4.69, 9.17) is 0 Å². The number of nitrogens with zero attached hydrogens (tertiary/aromatic N) is 3. The van der Waals surface area contributed by atoms with E-state index in [0.29, 0.717) is 6.07 Å². The molecule has 232 valence electrons. The van der Waals surface area contributed by atoms with Gasteiger partial charge in [-0.1, -0.05) is 30.3 Å². The maximum absolute atomic E-state index is 13.9. The summed E-state index contributed by atoms with van der Waals surface area (Å²) in [6.45, 7) is 0.569. The number of imidazole rings is 1. The molecule has 0 saturated carbocycles. The van der Waals surface area contributed by atoms with Crippen molar-refractivity contribution >= 4 is 27.5 Å². The van der Waals surface area contributed by atoms with Gasteiger partial charge < -0.3 is 25.6 Å². The number of hydrogen-bond acceptors (Lipinski definition) is 7. The van der Waals surface area contributed by atoms with Gasteiger partial charge in [-0.3, -0.25) is 9.59 Å². The van der Waals surface area contributed by atoms with Crippen molar-refractivity contribution in [1.29, 1.82) is 0 Å². The molecule has 0 aliphatic carbocycles. The Morgan fingerprint density at radius 2 is 1.91 bits per heavy atom. The highest BCUT2D eigenvalue weighted by Gasteiger charge is 2.34. The summed E-state index contributed by atoms with van der Waals surface area (Å²) in [4.78, 5) is 29.3. The van der Waals surface area contributed by atoms with E-state index in [2.05, 4.69) is 20.9 Å². The van der Waals surface area contributed by atoms with Crippen LogP contribution in [-0.4, -0.2) is 77.0 Å². The molecule has 2 aromatic carbocycles. The molecule has 14 heteroatoms. The Hall–Kier alpha value is -3.72. The van der Waals surface area contributed by atoms with Crippen LogP contribution in [-0.2, 0) is 33.1 Å². The van der Waals surface area contributed by atoms with E-state index in [-0.39, 0.29) is 49.1 Å². The third kappa shape index (κ3) is 9.13. The van der Waals surface area contributed by atoms with Crippen LogP contribution in [0.25, 0.3) is 0 Å². The van der Waals surface area contributed by atoms with Gasteiger partial charge in [0.15, 0.2) is 5.03 Å². The highest BCUT2D eigenvalue weighted by Crippen LogP contribution is 2.19. The summed E-state index contributed by atoms with van der Waals surface area (Å²) in [6, 6.07) is 10.8. The minimum Gasteiger partial charge on any atom is -0.390 e. The summed E-state index contributed by atoms with van der Waals surface area (Å²) in [5, 5.41) is 19.6. The molecular formula is C29H36F2N6O5S. The first kappa shape index (κ1) is 32.2. The Morgan fingerprint density at radius 1 is 1.16 bits per heavy atom. The van der Waals surface area contributed by atoms with E-state index in [0.717, 1.165) is 37.1 Å². The number of halogens is 2. The lowest BCUT2D eigenvalue weighted by molar-refractivity contribution is -0.125. The lowest BCUT2D eigenvalue weighted by atomic mass is 10.0. The van der Waals surface area contributed by atoms with Gasteiger partial charge in [0.1, 0.15) is 11.6 Å². The predicted octanol–water partition coefficient (Wildman–Crippen LogP) is 1.95. The number of carbonyl (C=O) groups excluding carboxylic acids is 2. The summed E-state index contributed by atoms with van der Waals surface area (Å²) in [5.74, 6) is -2.95. The molecule has 11 nitrogen and oxygen atoms in total. The molecule has 3 unspecified atom stereocenters. The number of aliphatic hydroxyl groups excluding tert-OH is 1. The molecule has 1 aliphatic heterocycles. The second kappa shape index (κ2) is 14.6. The maximum Gasteiger partial charge on any atom is 0.262 e. The van der Waals surface area contributed by atoms with Crippen molar-refractivity contribution < 1.29 is 31.9 Å². The number of sulfonamides is 1. The van der Waals surface area contributed by atoms with Crippen LogP contribution in [0.2, 0.25) is 0 Å². The molecule has 0 spiro atoms. The SMILES string of the molecule is Cn1cnc(S(=O)(=O)N(CC2CCCN2)CC(O)C(Cc2ccccc2)NC(=O)CCC(=O)Nc2ccc(F)cc2F)c1. The number of aryl methyl sites for hydroxylation is 1. The molecule has 0 bridgehead atoms. The van der Waals surface area contributed by atoms with Crippen LogP contribution in [0.3, 0.4) is 0 Å². The Morgan fingerprint density at radius 3 is 2.56 bits per heavy atom. The second-order valence-corrected chi connectivity index (χ2v) is 12.5. The number of hydrogen-bond donors (Lipinski definition) is 4. The molecule has 4 N–H and O–H groups in total. The third-order valence-corrected chi connectivity index (χ3v) is 8.87. The number of amides is 2. The van der Waals surface area contributed by atoms with Crippen LogP contribution in [0.5, 0.6) is 0 Å². The van der Waals surface area contributed by atoms with Crippen molar-refractivity contribution in [1.82, 2.24) is 24.5 Å². The van der Waals surface area contributed by atoms with Crippen molar-refractivity contribution in [3.05, 3.63) is 78.3 Å². The maximum atomic E-state index is 13.9. The Balaban J connectivity index is 1.46. The lowest BCUT2D eigenvalue weighted by Crippen LogP contribution is -2.52. The van der Waals surface area contributed by atoms with Gasteiger partial charge in [0.05, 0.1) is 24.2 Å². The third-order valence-electron chi connectivity index (χ3n) is 7.16. The first-order valence-electron chi connectivity index (χ1n) is 14.0. The van der Waals surface area contributed by atoms with Gasteiger partial charge in [-0.05, 0) is 43.5 Å². The van der Waals surface area contributed by atoms with E-state index < -0.39 is 45.6 Å². The molecule has 3 aromatic rings. The number of aliphatic hydroxyl groups is 1. The smallest absolute Gasteiger partial charge is 0.262 e. The minimum absolute atomic E-state index is 0.0997. The van der Waals surface area contributed by atoms with E-state index >= 15 is 0 Å². The van der Waals surface area contributed by atoms with Crippen LogP contribution < -0.4 is 16.0 Å². The van der Waals surface area contributed by atoms with Gasteiger partial charge in [-0.15, -0.1) is 0 Å². The normalized spacial score (nSPS) is 16.6. The molecule has 1 aromatic heterocycles. The van der Waals surface area contributed by atoms with Crippen molar-refractivity contribution in [2.75, 3.05) is 25.0 Å². The van der Waals surface area contributed by atoms with Crippen LogP contribution in [0.15, 0.2) is 66.1 Å². The first-order chi connectivity index (χ1) is 20.5. The molecule has 43 heavy (non-hydrogen) atoms. The number of nitrogens with one attached hydrogen (secondary N) is 3.